The number of benzene rings is 1. The molecule has 0 bridgehead atoms. The van der Waals surface area contributed by atoms with Crippen molar-refractivity contribution in [3.8, 4) is 0 Å². The van der Waals surface area contributed by atoms with E-state index in [4.69, 9.17) is 5.73 Å². The molecule has 120 valence electrons. The predicted octanol–water partition coefficient (Wildman–Crippen LogP) is 2.25. The van der Waals surface area contributed by atoms with E-state index in [-0.39, 0.29) is 23.3 Å². The van der Waals surface area contributed by atoms with Crippen LogP contribution in [0.25, 0.3) is 0 Å². The quantitative estimate of drug-likeness (QED) is 0.630. The van der Waals surface area contributed by atoms with Crippen molar-refractivity contribution in [2.24, 2.45) is 5.41 Å². The van der Waals surface area contributed by atoms with Gasteiger partial charge < -0.3 is 10.8 Å². The topological polar surface area (TPSA) is 92.4 Å². The summed E-state index contributed by atoms with van der Waals surface area (Å²) in [5.41, 5.74) is 5.14. The summed E-state index contributed by atoms with van der Waals surface area (Å²) in [5.74, 6) is -0.890. The lowest BCUT2D eigenvalue weighted by Gasteiger charge is -2.29. The van der Waals surface area contributed by atoms with E-state index < -0.39 is 26.2 Å². The van der Waals surface area contributed by atoms with E-state index in [1.807, 2.05) is 13.8 Å². The lowest BCUT2D eigenvalue weighted by molar-refractivity contribution is 0.119. The van der Waals surface area contributed by atoms with E-state index in [1.165, 1.54) is 6.07 Å². The van der Waals surface area contributed by atoms with Crippen LogP contribution in [0, 0.1) is 11.2 Å². The van der Waals surface area contributed by atoms with Crippen LogP contribution in [0.1, 0.15) is 26.7 Å². The Bertz CT molecular complexity index is 595. The first-order valence-corrected chi connectivity index (χ1v) is 8.84. The molecule has 0 atom stereocenters. The highest BCUT2D eigenvalue weighted by Crippen LogP contribution is 2.28. The van der Waals surface area contributed by atoms with Crippen LogP contribution in [-0.2, 0) is 10.0 Å². The lowest BCUT2D eigenvalue weighted by Crippen LogP contribution is -2.39. The minimum atomic E-state index is -4.05. The molecule has 1 aromatic carbocycles. The molecule has 0 radical (unpaired) electrons. The first-order chi connectivity index (χ1) is 9.71. The van der Waals surface area contributed by atoms with Gasteiger partial charge in [-0.15, -0.1) is 0 Å². The van der Waals surface area contributed by atoms with Crippen molar-refractivity contribution in [1.82, 2.24) is 4.72 Å². The summed E-state index contributed by atoms with van der Waals surface area (Å²) in [6, 6.07) is 2.37. The zero-order chi connectivity index (χ0) is 16.3. The summed E-state index contributed by atoms with van der Waals surface area (Å²) in [7, 11) is -4.05. The van der Waals surface area contributed by atoms with Crippen LogP contribution >= 0.6 is 15.9 Å². The highest BCUT2D eigenvalue weighted by molar-refractivity contribution is 9.10. The number of hydrogen-bond donors (Lipinski definition) is 3. The summed E-state index contributed by atoms with van der Waals surface area (Å²) in [6.07, 6.45) is 1.21. The SMILES string of the molecule is CCC(CC)(CO)CNS(=O)(=O)c1cc(N)cc(Br)c1F. The van der Waals surface area contributed by atoms with Crippen molar-refractivity contribution >= 4 is 31.6 Å². The molecule has 5 nitrogen and oxygen atoms in total. The summed E-state index contributed by atoms with van der Waals surface area (Å²) in [4.78, 5) is -0.506. The van der Waals surface area contributed by atoms with E-state index in [0.29, 0.717) is 12.8 Å². The van der Waals surface area contributed by atoms with E-state index in [1.54, 1.807) is 0 Å². The standard InChI is InChI=1S/C13H20BrFN2O3S/c1-3-13(4-2,8-18)7-17-21(19,20)11-6-9(16)5-10(14)12(11)15/h5-6,17-18H,3-4,7-8,16H2,1-2H3. The molecule has 0 aliphatic carbocycles. The molecule has 0 fully saturated rings. The number of halogens is 2. The molecule has 0 unspecified atom stereocenters. The lowest BCUT2D eigenvalue weighted by atomic mass is 9.84. The molecule has 0 amide bonds. The monoisotopic (exact) mass is 382 g/mol. The Kier molecular flexibility index (Phi) is 6.15. The van der Waals surface area contributed by atoms with Gasteiger partial charge in [-0.3, -0.25) is 0 Å². The third kappa shape index (κ3) is 4.15. The fourth-order valence-corrected chi connectivity index (χ4v) is 3.78. The molecule has 21 heavy (non-hydrogen) atoms. The number of nitrogens with one attached hydrogen (secondary N) is 1. The molecule has 0 aliphatic heterocycles. The van der Waals surface area contributed by atoms with Crippen molar-refractivity contribution < 1.29 is 17.9 Å². The first-order valence-electron chi connectivity index (χ1n) is 6.56. The van der Waals surface area contributed by atoms with Gasteiger partial charge in [-0.2, -0.15) is 0 Å². The van der Waals surface area contributed by atoms with E-state index in [0.717, 1.165) is 6.07 Å². The van der Waals surface area contributed by atoms with Gasteiger partial charge in [0.15, 0.2) is 5.82 Å². The molecular weight excluding hydrogens is 363 g/mol. The van der Waals surface area contributed by atoms with Gasteiger partial charge in [-0.1, -0.05) is 13.8 Å². The zero-order valence-electron chi connectivity index (χ0n) is 12.0. The molecule has 0 aliphatic rings. The normalized spacial score (nSPS) is 12.6. The van der Waals surface area contributed by atoms with Gasteiger partial charge in [0.2, 0.25) is 10.0 Å². The second-order valence-corrected chi connectivity index (χ2v) is 7.59. The van der Waals surface area contributed by atoms with Crippen LogP contribution in [0.2, 0.25) is 0 Å². The van der Waals surface area contributed by atoms with Gasteiger partial charge in [0, 0.05) is 24.3 Å². The maximum Gasteiger partial charge on any atom is 0.243 e. The summed E-state index contributed by atoms with van der Waals surface area (Å²) >= 11 is 2.93. The van der Waals surface area contributed by atoms with Crippen LogP contribution < -0.4 is 10.5 Å². The third-order valence-electron chi connectivity index (χ3n) is 3.78. The van der Waals surface area contributed by atoms with Crippen molar-refractivity contribution in [2.75, 3.05) is 18.9 Å². The molecule has 0 spiro atoms. The fourth-order valence-electron chi connectivity index (χ4n) is 1.88. The number of nitrogen functional groups attached to an aromatic ring is 1. The van der Waals surface area contributed by atoms with Crippen LogP contribution in [0.5, 0.6) is 0 Å². The fraction of sp³-hybridized carbons (Fsp3) is 0.538. The Morgan fingerprint density at radius 1 is 1.38 bits per heavy atom. The van der Waals surface area contributed by atoms with Gasteiger partial charge in [0.25, 0.3) is 0 Å². The number of nitrogens with two attached hydrogens (primary N) is 1. The van der Waals surface area contributed by atoms with E-state index >= 15 is 0 Å². The molecule has 8 heteroatoms. The van der Waals surface area contributed by atoms with Gasteiger partial charge in [0.05, 0.1) is 4.47 Å². The zero-order valence-corrected chi connectivity index (χ0v) is 14.4. The van der Waals surface area contributed by atoms with Crippen LogP contribution in [-0.4, -0.2) is 26.7 Å². The Morgan fingerprint density at radius 3 is 2.43 bits per heavy atom. The maximum atomic E-state index is 14.0. The average molecular weight is 383 g/mol. The number of aliphatic hydroxyl groups excluding tert-OH is 1. The summed E-state index contributed by atoms with van der Waals surface area (Å²) in [6.45, 7) is 3.62. The van der Waals surface area contributed by atoms with Crippen LogP contribution in [0.4, 0.5) is 10.1 Å². The smallest absolute Gasteiger partial charge is 0.243 e. The number of sulfonamides is 1. The molecule has 0 saturated heterocycles. The third-order valence-corrected chi connectivity index (χ3v) is 5.76. The largest absolute Gasteiger partial charge is 0.399 e. The first kappa shape index (κ1) is 18.3. The predicted molar refractivity (Wildman–Crippen MR) is 83.8 cm³/mol. The number of aliphatic hydroxyl groups is 1. The van der Waals surface area contributed by atoms with Crippen molar-refractivity contribution in [3.05, 3.63) is 22.4 Å². The van der Waals surface area contributed by atoms with Crippen molar-refractivity contribution in [1.29, 1.82) is 0 Å². The number of anilines is 1. The molecule has 0 aromatic heterocycles. The highest BCUT2D eigenvalue weighted by atomic mass is 79.9. The highest BCUT2D eigenvalue weighted by Gasteiger charge is 2.29. The molecular formula is C13H20BrFN2O3S. The second kappa shape index (κ2) is 7.04. The number of rotatable bonds is 7. The maximum absolute atomic E-state index is 14.0. The number of hydrogen-bond acceptors (Lipinski definition) is 4. The average Bonchev–Trinajstić information content (AvgIpc) is 2.45. The second-order valence-electron chi connectivity index (χ2n) is 5.00. The van der Waals surface area contributed by atoms with E-state index in [9.17, 15) is 17.9 Å². The molecule has 4 N–H and O–H groups in total. The Balaban J connectivity index is 3.08. The minimum absolute atomic E-state index is 0.0118. The summed E-state index contributed by atoms with van der Waals surface area (Å²) < 4.78 is 40.8. The molecule has 1 rings (SSSR count). The molecule has 0 heterocycles. The van der Waals surface area contributed by atoms with Crippen molar-refractivity contribution in [3.63, 3.8) is 0 Å². The minimum Gasteiger partial charge on any atom is -0.399 e. The molecule has 1 aromatic rings. The molecule has 0 saturated carbocycles. The van der Waals surface area contributed by atoms with Crippen LogP contribution in [0.15, 0.2) is 21.5 Å². The Morgan fingerprint density at radius 2 is 1.95 bits per heavy atom. The van der Waals surface area contributed by atoms with Crippen molar-refractivity contribution in [2.45, 2.75) is 31.6 Å². The van der Waals surface area contributed by atoms with E-state index in [2.05, 4.69) is 20.7 Å². The van der Waals surface area contributed by atoms with Crippen LogP contribution in [0.3, 0.4) is 0 Å². The Hall–Kier alpha value is -0.700. The Labute approximate surface area is 132 Å². The van der Waals surface area contributed by atoms with Gasteiger partial charge in [-0.05, 0) is 40.9 Å². The van der Waals surface area contributed by atoms with Gasteiger partial charge in [0.1, 0.15) is 4.90 Å². The van der Waals surface area contributed by atoms with Gasteiger partial charge >= 0.3 is 0 Å². The summed E-state index contributed by atoms with van der Waals surface area (Å²) in [5, 5.41) is 9.45. The van der Waals surface area contributed by atoms with Gasteiger partial charge in [-0.25, -0.2) is 17.5 Å².